The van der Waals surface area contributed by atoms with E-state index in [0.29, 0.717) is 6.04 Å². The van der Waals surface area contributed by atoms with Gasteiger partial charge in [0.1, 0.15) is 0 Å². The van der Waals surface area contributed by atoms with E-state index in [1.807, 2.05) is 11.8 Å². The van der Waals surface area contributed by atoms with E-state index in [1.54, 1.807) is 0 Å². The number of hydrogen-bond acceptors (Lipinski definition) is 2. The molecule has 2 aromatic rings. The first kappa shape index (κ1) is 15.4. The first-order valence-corrected chi connectivity index (χ1v) is 7.09. The summed E-state index contributed by atoms with van der Waals surface area (Å²) in [6.45, 7) is 5.43. The Bertz CT molecular complexity index is 485. The number of halogens is 1. The van der Waals surface area contributed by atoms with E-state index >= 15 is 0 Å². The van der Waals surface area contributed by atoms with Gasteiger partial charge in [-0.25, -0.2) is 0 Å². The van der Waals surface area contributed by atoms with Crippen molar-refractivity contribution in [2.24, 2.45) is 0 Å². The summed E-state index contributed by atoms with van der Waals surface area (Å²) in [6.07, 6.45) is 0. The smallest absolute Gasteiger partial charge is 0.0106 e. The third-order valence-corrected chi connectivity index (χ3v) is 3.64. The molecule has 0 saturated heterocycles. The number of nitrogens with one attached hydrogen (secondary N) is 1. The highest BCUT2D eigenvalue weighted by molar-refractivity contribution is 7.99. The molecule has 0 bridgehead atoms. The molecule has 2 rings (SSSR count). The van der Waals surface area contributed by atoms with Crippen LogP contribution < -0.4 is 5.32 Å². The molecular weight excluding hydrogens is 262 g/mol. The molecule has 0 fully saturated rings. The molecule has 0 aliphatic carbocycles. The van der Waals surface area contributed by atoms with Gasteiger partial charge in [-0.05, 0) is 22.9 Å². The second kappa shape index (κ2) is 7.67. The number of thioether (sulfide) groups is 1. The fourth-order valence-corrected chi connectivity index (χ4v) is 2.60. The fraction of sp³-hybridized carbons (Fsp3) is 0.333. The van der Waals surface area contributed by atoms with Crippen LogP contribution in [0.2, 0.25) is 0 Å². The lowest BCUT2D eigenvalue weighted by Crippen LogP contribution is -2.24. The molecule has 0 radical (unpaired) electrons. The molecule has 0 saturated carbocycles. The average molecular weight is 282 g/mol. The Morgan fingerprint density at radius 2 is 1.78 bits per heavy atom. The summed E-state index contributed by atoms with van der Waals surface area (Å²) in [7, 11) is 0. The van der Waals surface area contributed by atoms with Gasteiger partial charge in [-0.2, -0.15) is 0 Å². The molecule has 0 amide bonds. The van der Waals surface area contributed by atoms with Crippen molar-refractivity contribution in [3.8, 4) is 0 Å². The lowest BCUT2D eigenvalue weighted by Gasteiger charge is -2.08. The van der Waals surface area contributed by atoms with Crippen LogP contribution in [0.25, 0.3) is 10.8 Å². The van der Waals surface area contributed by atoms with Gasteiger partial charge in [0, 0.05) is 23.2 Å². The molecule has 0 aliphatic heterocycles. The monoisotopic (exact) mass is 281 g/mol. The summed E-state index contributed by atoms with van der Waals surface area (Å²) in [4.78, 5) is 1.36. The van der Waals surface area contributed by atoms with Gasteiger partial charge in [0.2, 0.25) is 0 Å². The highest BCUT2D eigenvalue weighted by Crippen LogP contribution is 2.23. The summed E-state index contributed by atoms with van der Waals surface area (Å²) < 4.78 is 0. The number of hydrogen-bond donors (Lipinski definition) is 1. The average Bonchev–Trinajstić information content (AvgIpc) is 2.34. The molecule has 0 heterocycles. The SMILES string of the molecule is CC(C)NCCSc1ccc2ccccc2c1.Cl. The number of rotatable bonds is 5. The zero-order valence-electron chi connectivity index (χ0n) is 10.8. The molecule has 98 valence electrons. The Labute approximate surface area is 120 Å². The zero-order chi connectivity index (χ0) is 12.1. The van der Waals surface area contributed by atoms with Crippen LogP contribution in [0.15, 0.2) is 47.4 Å². The Kier molecular flexibility index (Phi) is 6.55. The van der Waals surface area contributed by atoms with Crippen molar-refractivity contribution in [1.82, 2.24) is 5.32 Å². The number of benzene rings is 2. The van der Waals surface area contributed by atoms with Gasteiger partial charge in [0.15, 0.2) is 0 Å². The van der Waals surface area contributed by atoms with E-state index in [4.69, 9.17) is 0 Å². The minimum absolute atomic E-state index is 0. The Morgan fingerprint density at radius 3 is 2.50 bits per heavy atom. The largest absolute Gasteiger partial charge is 0.314 e. The first-order valence-electron chi connectivity index (χ1n) is 6.11. The third kappa shape index (κ3) is 4.52. The lowest BCUT2D eigenvalue weighted by molar-refractivity contribution is 0.616. The quantitative estimate of drug-likeness (QED) is 0.646. The Hall–Kier alpha value is -0.700. The highest BCUT2D eigenvalue weighted by atomic mass is 35.5. The molecular formula is C15H20ClNS. The van der Waals surface area contributed by atoms with Crippen molar-refractivity contribution in [1.29, 1.82) is 0 Å². The maximum atomic E-state index is 3.43. The van der Waals surface area contributed by atoms with Crippen molar-refractivity contribution >= 4 is 34.9 Å². The van der Waals surface area contributed by atoms with E-state index < -0.39 is 0 Å². The number of fused-ring (bicyclic) bond motifs is 1. The van der Waals surface area contributed by atoms with Gasteiger partial charge in [0.05, 0.1) is 0 Å². The fourth-order valence-electron chi connectivity index (χ4n) is 1.77. The van der Waals surface area contributed by atoms with Crippen molar-refractivity contribution in [3.05, 3.63) is 42.5 Å². The molecule has 0 spiro atoms. The van der Waals surface area contributed by atoms with Gasteiger partial charge in [-0.1, -0.05) is 44.2 Å². The zero-order valence-corrected chi connectivity index (χ0v) is 12.5. The topological polar surface area (TPSA) is 12.0 Å². The van der Waals surface area contributed by atoms with E-state index in [1.165, 1.54) is 15.7 Å². The molecule has 1 nitrogen and oxygen atoms in total. The van der Waals surface area contributed by atoms with Crippen molar-refractivity contribution < 1.29 is 0 Å². The third-order valence-electron chi connectivity index (χ3n) is 2.64. The minimum Gasteiger partial charge on any atom is -0.314 e. The molecule has 2 aromatic carbocycles. The van der Waals surface area contributed by atoms with E-state index in [9.17, 15) is 0 Å². The second-order valence-corrected chi connectivity index (χ2v) is 5.63. The molecule has 0 unspecified atom stereocenters. The van der Waals surface area contributed by atoms with Crippen molar-refractivity contribution in [2.75, 3.05) is 12.3 Å². The predicted octanol–water partition coefficient (Wildman–Crippen LogP) is 4.35. The molecule has 18 heavy (non-hydrogen) atoms. The van der Waals surface area contributed by atoms with Gasteiger partial charge >= 0.3 is 0 Å². The van der Waals surface area contributed by atoms with Crippen LogP contribution in [0, 0.1) is 0 Å². The molecule has 0 aromatic heterocycles. The normalized spacial score (nSPS) is 10.6. The van der Waals surface area contributed by atoms with Gasteiger partial charge in [-0.3, -0.25) is 0 Å². The summed E-state index contributed by atoms with van der Waals surface area (Å²) >= 11 is 1.91. The Morgan fingerprint density at radius 1 is 1.06 bits per heavy atom. The highest BCUT2D eigenvalue weighted by Gasteiger charge is 1.97. The van der Waals surface area contributed by atoms with Gasteiger partial charge in [0.25, 0.3) is 0 Å². The molecule has 0 atom stereocenters. The lowest BCUT2D eigenvalue weighted by atomic mass is 10.1. The molecule has 1 N–H and O–H groups in total. The first-order chi connectivity index (χ1) is 8.25. The van der Waals surface area contributed by atoms with Crippen molar-refractivity contribution in [3.63, 3.8) is 0 Å². The molecule has 0 aliphatic rings. The maximum absolute atomic E-state index is 3.43. The van der Waals surface area contributed by atoms with Crippen molar-refractivity contribution in [2.45, 2.75) is 24.8 Å². The van der Waals surface area contributed by atoms with Crippen LogP contribution in [-0.2, 0) is 0 Å². The van der Waals surface area contributed by atoms with Crippen LogP contribution in [0.5, 0.6) is 0 Å². The summed E-state index contributed by atoms with van der Waals surface area (Å²) in [5.41, 5.74) is 0. The predicted molar refractivity (Wildman–Crippen MR) is 85.1 cm³/mol. The van der Waals surface area contributed by atoms with Crippen LogP contribution in [0.1, 0.15) is 13.8 Å². The van der Waals surface area contributed by atoms with E-state index in [2.05, 4.69) is 61.6 Å². The van der Waals surface area contributed by atoms with Crippen LogP contribution in [0.3, 0.4) is 0 Å². The maximum Gasteiger partial charge on any atom is 0.0106 e. The van der Waals surface area contributed by atoms with Crippen LogP contribution in [0.4, 0.5) is 0 Å². The van der Waals surface area contributed by atoms with Gasteiger partial charge in [-0.15, -0.1) is 24.2 Å². The summed E-state index contributed by atoms with van der Waals surface area (Å²) in [5.74, 6) is 1.12. The van der Waals surface area contributed by atoms with Crippen LogP contribution >= 0.6 is 24.2 Å². The summed E-state index contributed by atoms with van der Waals surface area (Å²) in [5, 5.41) is 6.08. The molecule has 3 heteroatoms. The summed E-state index contributed by atoms with van der Waals surface area (Å²) in [6, 6.07) is 15.8. The van der Waals surface area contributed by atoms with E-state index in [-0.39, 0.29) is 12.4 Å². The van der Waals surface area contributed by atoms with E-state index in [0.717, 1.165) is 12.3 Å². The van der Waals surface area contributed by atoms with Gasteiger partial charge < -0.3 is 5.32 Å². The Balaban J connectivity index is 0.00000162. The van der Waals surface area contributed by atoms with Crippen LogP contribution in [-0.4, -0.2) is 18.3 Å². The second-order valence-electron chi connectivity index (χ2n) is 4.47. The standard InChI is InChI=1S/C15H19NS.ClH/c1-12(2)16-9-10-17-15-8-7-13-5-3-4-6-14(13)11-15;/h3-8,11-12,16H,9-10H2,1-2H3;1H. The minimum atomic E-state index is 0.